The van der Waals surface area contributed by atoms with Crippen molar-refractivity contribution >= 4 is 29.4 Å². The van der Waals surface area contributed by atoms with Crippen molar-refractivity contribution in [2.24, 2.45) is 0 Å². The largest absolute Gasteiger partial charge is 0.468 e. The summed E-state index contributed by atoms with van der Waals surface area (Å²) >= 11 is 3.03. The third kappa shape index (κ3) is 5.36. The molecule has 3 rings (SSSR count). The first kappa shape index (κ1) is 17.6. The maximum Gasteiger partial charge on any atom is 0.230 e. The van der Waals surface area contributed by atoms with Crippen molar-refractivity contribution in [2.75, 3.05) is 18.1 Å². The summed E-state index contributed by atoms with van der Waals surface area (Å²) < 4.78 is 6.88. The van der Waals surface area contributed by atoms with Crippen LogP contribution in [0.15, 0.2) is 58.3 Å². The minimum absolute atomic E-state index is 0.0359. The zero-order valence-electron chi connectivity index (χ0n) is 13.4. The van der Waals surface area contributed by atoms with Gasteiger partial charge >= 0.3 is 0 Å². The van der Waals surface area contributed by atoms with E-state index in [9.17, 15) is 4.79 Å². The molecular formula is C16H17N5O2S2. The average molecular weight is 375 g/mol. The fourth-order valence-corrected chi connectivity index (χ4v) is 3.49. The molecule has 9 heteroatoms. The van der Waals surface area contributed by atoms with Crippen molar-refractivity contribution in [3.8, 4) is 5.69 Å². The van der Waals surface area contributed by atoms with E-state index in [0.717, 1.165) is 23.0 Å². The first-order valence-electron chi connectivity index (χ1n) is 7.66. The molecule has 0 atom stereocenters. The molecule has 0 bridgehead atoms. The van der Waals surface area contributed by atoms with Gasteiger partial charge in [0.15, 0.2) is 0 Å². The van der Waals surface area contributed by atoms with Gasteiger partial charge in [-0.3, -0.25) is 4.79 Å². The Labute approximate surface area is 153 Å². The van der Waals surface area contributed by atoms with Crippen molar-refractivity contribution in [1.82, 2.24) is 25.5 Å². The molecule has 7 nitrogen and oxygen atoms in total. The number of carbonyl (C=O) groups excluding carboxylic acids is 1. The predicted octanol–water partition coefficient (Wildman–Crippen LogP) is 2.40. The van der Waals surface area contributed by atoms with Crippen LogP contribution in [0.1, 0.15) is 5.76 Å². The second kappa shape index (κ2) is 9.28. The SMILES string of the molecule is O=C(CSc1nnnn1-c1ccccc1)NCCSCc1ccco1. The summed E-state index contributed by atoms with van der Waals surface area (Å²) in [5.74, 6) is 2.82. The van der Waals surface area contributed by atoms with Crippen molar-refractivity contribution in [2.45, 2.75) is 10.9 Å². The van der Waals surface area contributed by atoms with Crippen LogP contribution in [-0.4, -0.2) is 44.2 Å². The van der Waals surface area contributed by atoms with Gasteiger partial charge in [-0.05, 0) is 34.7 Å². The van der Waals surface area contributed by atoms with Gasteiger partial charge in [0.2, 0.25) is 11.1 Å². The minimum Gasteiger partial charge on any atom is -0.468 e. The number of tetrazole rings is 1. The first-order valence-corrected chi connectivity index (χ1v) is 9.80. The molecule has 3 aromatic rings. The minimum atomic E-state index is -0.0359. The van der Waals surface area contributed by atoms with Gasteiger partial charge in [-0.2, -0.15) is 16.4 Å². The van der Waals surface area contributed by atoms with E-state index in [1.54, 1.807) is 22.7 Å². The second-order valence-corrected chi connectivity index (χ2v) is 7.03. The number of para-hydroxylation sites is 1. The molecule has 1 amide bonds. The summed E-state index contributed by atoms with van der Waals surface area (Å²) in [5, 5.41) is 15.1. The van der Waals surface area contributed by atoms with Gasteiger partial charge in [-0.15, -0.1) is 5.10 Å². The number of thioether (sulfide) groups is 2. The predicted molar refractivity (Wildman–Crippen MR) is 97.8 cm³/mol. The third-order valence-electron chi connectivity index (χ3n) is 3.17. The fraction of sp³-hybridized carbons (Fsp3) is 0.250. The number of aromatic nitrogens is 4. The summed E-state index contributed by atoms with van der Waals surface area (Å²) in [7, 11) is 0. The zero-order chi connectivity index (χ0) is 17.3. The third-order valence-corrected chi connectivity index (χ3v) is 5.07. The van der Waals surface area contributed by atoms with E-state index < -0.39 is 0 Å². The Hall–Kier alpha value is -2.26. The van der Waals surface area contributed by atoms with Gasteiger partial charge in [-0.25, -0.2) is 0 Å². The lowest BCUT2D eigenvalue weighted by molar-refractivity contribution is -0.118. The molecule has 25 heavy (non-hydrogen) atoms. The fourth-order valence-electron chi connectivity index (χ4n) is 2.01. The lowest BCUT2D eigenvalue weighted by Gasteiger charge is -2.05. The summed E-state index contributed by atoms with van der Waals surface area (Å²) in [6, 6.07) is 13.4. The molecule has 0 radical (unpaired) electrons. The Morgan fingerprint density at radius 2 is 2.08 bits per heavy atom. The van der Waals surface area contributed by atoms with Crippen LogP contribution in [0.25, 0.3) is 5.69 Å². The molecule has 2 aromatic heterocycles. The highest BCUT2D eigenvalue weighted by Gasteiger charge is 2.11. The number of nitrogens with one attached hydrogen (secondary N) is 1. The van der Waals surface area contributed by atoms with E-state index in [4.69, 9.17) is 4.42 Å². The molecule has 2 heterocycles. The average Bonchev–Trinajstić information content (AvgIpc) is 3.32. The Kier molecular flexibility index (Phi) is 6.52. The van der Waals surface area contributed by atoms with Crippen LogP contribution in [0, 0.1) is 0 Å². The molecule has 0 aliphatic heterocycles. The monoisotopic (exact) mass is 375 g/mol. The number of nitrogens with zero attached hydrogens (tertiary/aromatic N) is 4. The molecule has 0 saturated carbocycles. The van der Waals surface area contributed by atoms with E-state index in [1.165, 1.54) is 11.8 Å². The second-order valence-electron chi connectivity index (χ2n) is 4.98. The van der Waals surface area contributed by atoms with Crippen LogP contribution < -0.4 is 5.32 Å². The summed E-state index contributed by atoms with van der Waals surface area (Å²) in [6.07, 6.45) is 1.66. The first-order chi connectivity index (χ1) is 12.3. The number of hydrogen-bond acceptors (Lipinski definition) is 7. The summed E-state index contributed by atoms with van der Waals surface area (Å²) in [5.41, 5.74) is 0.865. The van der Waals surface area contributed by atoms with Gasteiger partial charge in [0, 0.05) is 12.3 Å². The molecule has 1 N–H and O–H groups in total. The maximum atomic E-state index is 11.9. The molecule has 130 valence electrons. The Morgan fingerprint density at radius 1 is 1.20 bits per heavy atom. The number of carbonyl (C=O) groups is 1. The molecule has 0 saturated heterocycles. The van der Waals surface area contributed by atoms with E-state index in [-0.39, 0.29) is 11.7 Å². The van der Waals surface area contributed by atoms with Gasteiger partial charge < -0.3 is 9.73 Å². The highest BCUT2D eigenvalue weighted by Crippen LogP contribution is 2.17. The van der Waals surface area contributed by atoms with Crippen LogP contribution in [0.3, 0.4) is 0 Å². The van der Waals surface area contributed by atoms with Crippen LogP contribution in [0.2, 0.25) is 0 Å². The smallest absolute Gasteiger partial charge is 0.230 e. The molecule has 0 spiro atoms. The van der Waals surface area contributed by atoms with Crippen LogP contribution in [0.4, 0.5) is 0 Å². The van der Waals surface area contributed by atoms with E-state index in [1.807, 2.05) is 42.5 Å². The van der Waals surface area contributed by atoms with Crippen LogP contribution >= 0.6 is 23.5 Å². The number of hydrogen-bond donors (Lipinski definition) is 1. The highest BCUT2D eigenvalue weighted by atomic mass is 32.2. The highest BCUT2D eigenvalue weighted by molar-refractivity contribution is 7.99. The van der Waals surface area contributed by atoms with E-state index >= 15 is 0 Å². The Balaban J connectivity index is 1.37. The molecule has 0 fully saturated rings. The molecule has 0 aliphatic carbocycles. The lowest BCUT2D eigenvalue weighted by Crippen LogP contribution is -2.27. The van der Waals surface area contributed by atoms with Crippen LogP contribution in [-0.2, 0) is 10.5 Å². The topological polar surface area (TPSA) is 85.8 Å². The Morgan fingerprint density at radius 3 is 2.88 bits per heavy atom. The number of rotatable bonds is 9. The van der Waals surface area contributed by atoms with Crippen LogP contribution in [0.5, 0.6) is 0 Å². The van der Waals surface area contributed by atoms with Crippen molar-refractivity contribution in [3.05, 3.63) is 54.5 Å². The normalized spacial score (nSPS) is 10.7. The standard InChI is InChI=1S/C16H17N5O2S2/c22-15(17-8-10-24-11-14-7-4-9-23-14)12-25-16-18-19-20-21(16)13-5-2-1-3-6-13/h1-7,9H,8,10-12H2,(H,17,22). The van der Waals surface area contributed by atoms with Gasteiger partial charge in [0.1, 0.15) is 5.76 Å². The van der Waals surface area contributed by atoms with Crippen molar-refractivity contribution in [3.63, 3.8) is 0 Å². The van der Waals surface area contributed by atoms with Crippen molar-refractivity contribution < 1.29 is 9.21 Å². The number of benzene rings is 1. The van der Waals surface area contributed by atoms with Gasteiger partial charge in [0.05, 0.1) is 23.5 Å². The molecule has 0 unspecified atom stereocenters. The van der Waals surface area contributed by atoms with Gasteiger partial charge in [-0.1, -0.05) is 30.0 Å². The van der Waals surface area contributed by atoms with Crippen molar-refractivity contribution in [1.29, 1.82) is 0 Å². The summed E-state index contributed by atoms with van der Waals surface area (Å²) in [6.45, 7) is 0.619. The number of amides is 1. The quantitative estimate of drug-likeness (QED) is 0.454. The molecular weight excluding hydrogens is 358 g/mol. The molecule has 1 aromatic carbocycles. The maximum absolute atomic E-state index is 11.9. The van der Waals surface area contributed by atoms with Gasteiger partial charge in [0.25, 0.3) is 0 Å². The van der Waals surface area contributed by atoms with E-state index in [0.29, 0.717) is 11.7 Å². The lowest BCUT2D eigenvalue weighted by atomic mass is 10.3. The zero-order valence-corrected chi connectivity index (χ0v) is 15.0. The Bertz CT molecular complexity index is 777. The molecule has 0 aliphatic rings. The van der Waals surface area contributed by atoms with E-state index in [2.05, 4.69) is 20.8 Å². The summed E-state index contributed by atoms with van der Waals surface area (Å²) in [4.78, 5) is 11.9. The number of furan rings is 1.